The Kier molecular flexibility index (Phi) is 1.32. The fourth-order valence-electron chi connectivity index (χ4n) is 0.501. The molecule has 0 radical (unpaired) electrons. The highest BCUT2D eigenvalue weighted by molar-refractivity contribution is 5.75. The number of hydrogen-bond acceptors (Lipinski definition) is 3. The first-order chi connectivity index (χ1) is 3.83. The van der Waals surface area contributed by atoms with Gasteiger partial charge in [-0.2, -0.15) is 0 Å². The van der Waals surface area contributed by atoms with E-state index in [1.165, 1.54) is 0 Å². The standard InChI is InChI=1S/C3H8N4O/c4-1-2-5-3(8)7-6-2/h2,6H,1,4H2,(H2,5,7,8). The van der Waals surface area contributed by atoms with Gasteiger partial charge >= 0.3 is 6.03 Å². The molecule has 2 amide bonds. The highest BCUT2D eigenvalue weighted by atomic mass is 16.2. The second-order valence-corrected chi connectivity index (χ2v) is 1.53. The van der Waals surface area contributed by atoms with Crippen molar-refractivity contribution in [1.82, 2.24) is 16.2 Å². The Hall–Kier alpha value is -0.810. The van der Waals surface area contributed by atoms with Crippen molar-refractivity contribution in [3.63, 3.8) is 0 Å². The maximum atomic E-state index is 10.3. The van der Waals surface area contributed by atoms with E-state index in [4.69, 9.17) is 5.73 Å². The van der Waals surface area contributed by atoms with Gasteiger partial charge in [0.1, 0.15) is 6.17 Å². The molecule has 0 spiro atoms. The highest BCUT2D eigenvalue weighted by Crippen LogP contribution is 1.77. The first-order valence-corrected chi connectivity index (χ1v) is 2.35. The number of carbonyl (C=O) groups excluding carboxylic acids is 1. The zero-order valence-electron chi connectivity index (χ0n) is 4.27. The summed E-state index contributed by atoms with van der Waals surface area (Å²) in [5.74, 6) is 0. The van der Waals surface area contributed by atoms with E-state index in [-0.39, 0.29) is 12.2 Å². The van der Waals surface area contributed by atoms with Gasteiger partial charge in [-0.1, -0.05) is 0 Å². The van der Waals surface area contributed by atoms with Crippen LogP contribution in [0.1, 0.15) is 0 Å². The Balaban J connectivity index is 2.32. The molecular weight excluding hydrogens is 108 g/mol. The maximum Gasteiger partial charge on any atom is 0.330 e. The monoisotopic (exact) mass is 116 g/mol. The average molecular weight is 116 g/mol. The van der Waals surface area contributed by atoms with Crippen molar-refractivity contribution < 1.29 is 4.79 Å². The second-order valence-electron chi connectivity index (χ2n) is 1.53. The summed E-state index contributed by atoms with van der Waals surface area (Å²) in [6.45, 7) is 0.402. The van der Waals surface area contributed by atoms with E-state index >= 15 is 0 Å². The van der Waals surface area contributed by atoms with E-state index in [1.54, 1.807) is 0 Å². The summed E-state index contributed by atoms with van der Waals surface area (Å²) < 4.78 is 0. The molecule has 1 atom stereocenters. The fourth-order valence-corrected chi connectivity index (χ4v) is 0.501. The SMILES string of the molecule is NCC1NNC(=O)N1. The number of hydrogen-bond donors (Lipinski definition) is 4. The van der Waals surface area contributed by atoms with Crippen LogP contribution in [-0.4, -0.2) is 18.7 Å². The third kappa shape index (κ3) is 0.877. The fraction of sp³-hybridized carbons (Fsp3) is 0.667. The number of hydrazine groups is 1. The lowest BCUT2D eigenvalue weighted by atomic mass is 10.5. The molecule has 1 fully saturated rings. The van der Waals surface area contributed by atoms with Crippen LogP contribution in [-0.2, 0) is 0 Å². The normalized spacial score (nSPS) is 27.1. The van der Waals surface area contributed by atoms with Gasteiger partial charge in [0.25, 0.3) is 0 Å². The first kappa shape index (κ1) is 5.33. The molecule has 5 N–H and O–H groups in total. The smallest absolute Gasteiger partial charge is 0.327 e. The minimum Gasteiger partial charge on any atom is -0.327 e. The molecule has 1 heterocycles. The van der Waals surface area contributed by atoms with Crippen LogP contribution >= 0.6 is 0 Å². The molecule has 0 aromatic rings. The van der Waals surface area contributed by atoms with Gasteiger partial charge in [-0.25, -0.2) is 10.2 Å². The topological polar surface area (TPSA) is 79.2 Å². The molecule has 0 aliphatic carbocycles. The first-order valence-electron chi connectivity index (χ1n) is 2.35. The number of rotatable bonds is 1. The average Bonchev–Trinajstić information content (AvgIpc) is 2.14. The number of urea groups is 1. The Morgan fingerprint density at radius 2 is 2.50 bits per heavy atom. The summed E-state index contributed by atoms with van der Waals surface area (Å²) >= 11 is 0. The minimum absolute atomic E-state index is 0.109. The Morgan fingerprint density at radius 3 is 2.75 bits per heavy atom. The summed E-state index contributed by atoms with van der Waals surface area (Å²) in [6, 6.07) is -0.222. The van der Waals surface area contributed by atoms with Crippen molar-refractivity contribution in [2.75, 3.05) is 6.54 Å². The van der Waals surface area contributed by atoms with Crippen LogP contribution in [0.3, 0.4) is 0 Å². The Morgan fingerprint density at radius 1 is 1.75 bits per heavy atom. The van der Waals surface area contributed by atoms with Gasteiger partial charge < -0.3 is 11.1 Å². The number of carbonyl (C=O) groups is 1. The minimum atomic E-state index is -0.222. The van der Waals surface area contributed by atoms with Crippen molar-refractivity contribution in [2.45, 2.75) is 6.17 Å². The van der Waals surface area contributed by atoms with Crippen LogP contribution in [0, 0.1) is 0 Å². The summed E-state index contributed by atoms with van der Waals surface area (Å²) in [4.78, 5) is 10.3. The zero-order chi connectivity index (χ0) is 5.98. The lowest BCUT2D eigenvalue weighted by Crippen LogP contribution is -2.40. The van der Waals surface area contributed by atoms with Crippen molar-refractivity contribution in [3.05, 3.63) is 0 Å². The molecule has 1 rings (SSSR count). The van der Waals surface area contributed by atoms with Crippen LogP contribution in [0.4, 0.5) is 4.79 Å². The predicted octanol–water partition coefficient (Wildman–Crippen LogP) is -1.91. The molecule has 5 heteroatoms. The predicted molar refractivity (Wildman–Crippen MR) is 27.6 cm³/mol. The van der Waals surface area contributed by atoms with Crippen molar-refractivity contribution >= 4 is 6.03 Å². The molecule has 1 aliphatic heterocycles. The number of nitrogens with two attached hydrogens (primary N) is 1. The van der Waals surface area contributed by atoms with Crippen LogP contribution in [0.15, 0.2) is 0 Å². The molecule has 5 nitrogen and oxygen atoms in total. The molecule has 1 saturated heterocycles. The number of amides is 2. The van der Waals surface area contributed by atoms with E-state index in [1.807, 2.05) is 0 Å². The second kappa shape index (κ2) is 1.97. The molecule has 8 heavy (non-hydrogen) atoms. The molecule has 0 aromatic heterocycles. The largest absolute Gasteiger partial charge is 0.330 e. The summed E-state index contributed by atoms with van der Waals surface area (Å²) in [5.41, 5.74) is 10.1. The molecule has 0 saturated carbocycles. The summed E-state index contributed by atoms with van der Waals surface area (Å²) in [5, 5.41) is 2.52. The van der Waals surface area contributed by atoms with E-state index < -0.39 is 0 Å². The molecule has 1 unspecified atom stereocenters. The van der Waals surface area contributed by atoms with Gasteiger partial charge in [-0.05, 0) is 0 Å². The lowest BCUT2D eigenvalue weighted by molar-refractivity contribution is 0.247. The number of nitrogens with one attached hydrogen (secondary N) is 3. The van der Waals surface area contributed by atoms with Gasteiger partial charge in [0.15, 0.2) is 0 Å². The van der Waals surface area contributed by atoms with Crippen LogP contribution in [0.25, 0.3) is 0 Å². The Labute approximate surface area is 46.6 Å². The van der Waals surface area contributed by atoms with Gasteiger partial charge in [-0.15, -0.1) is 0 Å². The highest BCUT2D eigenvalue weighted by Gasteiger charge is 2.15. The third-order valence-corrected chi connectivity index (χ3v) is 0.901. The quantitative estimate of drug-likeness (QED) is 0.323. The van der Waals surface area contributed by atoms with Gasteiger partial charge in [0, 0.05) is 6.54 Å². The van der Waals surface area contributed by atoms with Crippen molar-refractivity contribution in [1.29, 1.82) is 0 Å². The van der Waals surface area contributed by atoms with Crippen LogP contribution in [0.2, 0.25) is 0 Å². The van der Waals surface area contributed by atoms with E-state index in [9.17, 15) is 4.79 Å². The summed E-state index contributed by atoms with van der Waals surface area (Å²) in [6.07, 6.45) is -0.109. The van der Waals surface area contributed by atoms with Gasteiger partial charge in [0.2, 0.25) is 0 Å². The van der Waals surface area contributed by atoms with Crippen molar-refractivity contribution in [3.8, 4) is 0 Å². The molecule has 0 aromatic carbocycles. The molecule has 0 bridgehead atoms. The molecule has 1 aliphatic rings. The summed E-state index contributed by atoms with van der Waals surface area (Å²) in [7, 11) is 0. The van der Waals surface area contributed by atoms with Crippen LogP contribution < -0.4 is 21.9 Å². The third-order valence-electron chi connectivity index (χ3n) is 0.901. The lowest BCUT2D eigenvalue weighted by Gasteiger charge is -2.01. The van der Waals surface area contributed by atoms with Crippen molar-refractivity contribution in [2.24, 2.45) is 5.73 Å². The van der Waals surface area contributed by atoms with E-state index in [0.29, 0.717) is 6.54 Å². The van der Waals surface area contributed by atoms with E-state index in [0.717, 1.165) is 0 Å². The Bertz CT molecular complexity index is 103. The molecular formula is C3H8N4O. The van der Waals surface area contributed by atoms with E-state index in [2.05, 4.69) is 16.2 Å². The van der Waals surface area contributed by atoms with Gasteiger partial charge in [0.05, 0.1) is 0 Å². The zero-order valence-corrected chi connectivity index (χ0v) is 4.27. The van der Waals surface area contributed by atoms with Gasteiger partial charge in [-0.3, -0.25) is 5.43 Å². The van der Waals surface area contributed by atoms with Crippen LogP contribution in [0.5, 0.6) is 0 Å². The molecule has 46 valence electrons. The maximum absolute atomic E-state index is 10.3.